The van der Waals surface area contributed by atoms with Crippen LogP contribution in [0.3, 0.4) is 0 Å². The molecule has 0 saturated heterocycles. The minimum Gasteiger partial charge on any atom is -0.323 e. The fraction of sp³-hybridized carbons (Fsp3) is 0.900. The van der Waals surface area contributed by atoms with Crippen molar-refractivity contribution in [2.24, 2.45) is 16.8 Å². The monoisotopic (exact) mass is 352 g/mol. The molecule has 4 heteroatoms. The normalized spacial score (nSPS) is 33.2. The SMILES string of the molecule is CC1CC(N(C(=O)Cl)C2CCCC2)CCC1C=NC1CCCCC1. The maximum atomic E-state index is 12.0. The van der Waals surface area contributed by atoms with E-state index in [0.717, 1.165) is 32.1 Å². The lowest BCUT2D eigenvalue weighted by Gasteiger charge is -2.41. The predicted molar refractivity (Wildman–Crippen MR) is 101 cm³/mol. The van der Waals surface area contributed by atoms with Gasteiger partial charge in [0.25, 0.3) is 0 Å². The Morgan fingerprint density at radius 1 is 0.958 bits per heavy atom. The highest BCUT2D eigenvalue weighted by molar-refractivity contribution is 6.62. The van der Waals surface area contributed by atoms with Gasteiger partial charge in [-0.2, -0.15) is 0 Å². The van der Waals surface area contributed by atoms with Gasteiger partial charge in [-0.15, -0.1) is 0 Å². The molecule has 3 fully saturated rings. The van der Waals surface area contributed by atoms with Crippen molar-refractivity contribution in [3.05, 3.63) is 0 Å². The van der Waals surface area contributed by atoms with Crippen LogP contribution < -0.4 is 0 Å². The molecule has 0 heterocycles. The minimum atomic E-state index is -0.228. The van der Waals surface area contributed by atoms with Crippen LogP contribution in [0.4, 0.5) is 4.79 Å². The molecule has 3 nitrogen and oxygen atoms in total. The van der Waals surface area contributed by atoms with Crippen molar-refractivity contribution in [2.45, 2.75) is 102 Å². The number of halogens is 1. The lowest BCUT2D eigenvalue weighted by atomic mass is 9.77. The van der Waals surface area contributed by atoms with Gasteiger partial charge in [0.2, 0.25) is 0 Å². The van der Waals surface area contributed by atoms with E-state index >= 15 is 0 Å². The van der Waals surface area contributed by atoms with Crippen LogP contribution in [-0.2, 0) is 0 Å². The summed E-state index contributed by atoms with van der Waals surface area (Å²) in [5.41, 5.74) is 0. The van der Waals surface area contributed by atoms with Gasteiger partial charge < -0.3 is 4.90 Å². The van der Waals surface area contributed by atoms with Crippen LogP contribution >= 0.6 is 11.6 Å². The summed E-state index contributed by atoms with van der Waals surface area (Å²) in [7, 11) is 0. The molecule has 0 aromatic carbocycles. The number of nitrogens with zero attached hydrogens (tertiary/aromatic N) is 2. The largest absolute Gasteiger partial charge is 0.323 e. The molecular formula is C20H33ClN2O. The number of hydrogen-bond acceptors (Lipinski definition) is 2. The van der Waals surface area contributed by atoms with E-state index in [2.05, 4.69) is 13.1 Å². The summed E-state index contributed by atoms with van der Waals surface area (Å²) in [6.45, 7) is 2.33. The molecule has 3 aliphatic rings. The average molecular weight is 353 g/mol. The first kappa shape index (κ1) is 18.2. The van der Waals surface area contributed by atoms with E-state index in [1.807, 2.05) is 4.90 Å². The molecular weight excluding hydrogens is 320 g/mol. The standard InChI is InChI=1S/C20H33ClN2O/c1-15-13-19(23(20(21)24)18-9-5-6-10-18)12-11-16(15)14-22-17-7-3-2-4-8-17/h14-19H,2-13H2,1H3. The Labute approximate surface area is 152 Å². The molecule has 136 valence electrons. The fourth-order valence-electron chi connectivity index (χ4n) is 5.10. The third-order valence-corrected chi connectivity index (χ3v) is 6.78. The molecule has 0 radical (unpaired) electrons. The molecule has 3 atom stereocenters. The minimum absolute atomic E-state index is 0.228. The molecule has 0 aromatic rings. The van der Waals surface area contributed by atoms with E-state index in [9.17, 15) is 4.79 Å². The zero-order valence-corrected chi connectivity index (χ0v) is 15.9. The summed E-state index contributed by atoms with van der Waals surface area (Å²) < 4.78 is 0. The summed E-state index contributed by atoms with van der Waals surface area (Å²) in [5.74, 6) is 1.18. The Morgan fingerprint density at radius 3 is 2.25 bits per heavy atom. The third-order valence-electron chi connectivity index (χ3n) is 6.59. The third kappa shape index (κ3) is 4.53. The summed E-state index contributed by atoms with van der Waals surface area (Å²) in [6, 6.07) is 1.30. The molecule has 3 aliphatic carbocycles. The average Bonchev–Trinajstić information content (AvgIpc) is 3.09. The zero-order chi connectivity index (χ0) is 16.9. The Bertz CT molecular complexity index is 441. The highest BCUT2D eigenvalue weighted by Crippen LogP contribution is 2.36. The first-order chi connectivity index (χ1) is 11.6. The Hall–Kier alpha value is -0.570. The lowest BCUT2D eigenvalue weighted by Crippen LogP contribution is -2.47. The van der Waals surface area contributed by atoms with Crippen LogP contribution in [-0.4, -0.2) is 34.6 Å². The second-order valence-corrected chi connectivity index (χ2v) is 8.62. The van der Waals surface area contributed by atoms with Crippen molar-refractivity contribution in [3.8, 4) is 0 Å². The zero-order valence-electron chi connectivity index (χ0n) is 15.1. The summed E-state index contributed by atoms with van der Waals surface area (Å²) in [4.78, 5) is 19.0. The van der Waals surface area contributed by atoms with Crippen LogP contribution in [0.5, 0.6) is 0 Å². The van der Waals surface area contributed by atoms with Crippen LogP contribution in [0.25, 0.3) is 0 Å². The van der Waals surface area contributed by atoms with E-state index < -0.39 is 0 Å². The number of amides is 1. The highest BCUT2D eigenvalue weighted by Gasteiger charge is 2.36. The second-order valence-electron chi connectivity index (χ2n) is 8.30. The molecule has 3 unspecified atom stereocenters. The quantitative estimate of drug-likeness (QED) is 0.357. The van der Waals surface area contributed by atoms with Crippen molar-refractivity contribution in [3.63, 3.8) is 0 Å². The second kappa shape index (κ2) is 8.69. The molecule has 0 N–H and O–H groups in total. The van der Waals surface area contributed by atoms with Crippen LogP contribution in [0.2, 0.25) is 0 Å². The van der Waals surface area contributed by atoms with Crippen molar-refractivity contribution in [1.29, 1.82) is 0 Å². The van der Waals surface area contributed by atoms with Gasteiger partial charge in [-0.05, 0) is 68.4 Å². The Kier molecular flexibility index (Phi) is 6.60. The van der Waals surface area contributed by atoms with Gasteiger partial charge in [0, 0.05) is 24.3 Å². The Balaban J connectivity index is 1.55. The maximum absolute atomic E-state index is 12.0. The number of aliphatic imine (C=N–C) groups is 1. The molecule has 0 spiro atoms. The first-order valence-corrected chi connectivity index (χ1v) is 10.5. The lowest BCUT2D eigenvalue weighted by molar-refractivity contribution is 0.118. The fourth-order valence-corrected chi connectivity index (χ4v) is 5.37. The van der Waals surface area contributed by atoms with Crippen LogP contribution in [0.1, 0.15) is 84.0 Å². The molecule has 0 bridgehead atoms. The van der Waals surface area contributed by atoms with Gasteiger partial charge in [-0.25, -0.2) is 0 Å². The van der Waals surface area contributed by atoms with Gasteiger partial charge in [0.05, 0.1) is 0 Å². The number of carbonyl (C=O) groups is 1. The van der Waals surface area contributed by atoms with E-state index in [0.29, 0.717) is 30.0 Å². The highest BCUT2D eigenvalue weighted by atomic mass is 35.5. The number of carbonyl (C=O) groups excluding carboxylic acids is 1. The first-order valence-electron chi connectivity index (χ1n) is 10.2. The van der Waals surface area contributed by atoms with E-state index in [4.69, 9.17) is 16.6 Å². The summed E-state index contributed by atoms with van der Waals surface area (Å²) in [6.07, 6.45) is 17.0. The van der Waals surface area contributed by atoms with Gasteiger partial charge in [-0.1, -0.05) is 39.0 Å². The molecule has 1 amide bonds. The van der Waals surface area contributed by atoms with Crippen LogP contribution in [0, 0.1) is 11.8 Å². The Morgan fingerprint density at radius 2 is 1.62 bits per heavy atom. The molecule has 0 aromatic heterocycles. The van der Waals surface area contributed by atoms with E-state index in [1.165, 1.54) is 44.9 Å². The smallest absolute Gasteiger partial charge is 0.316 e. The molecule has 3 saturated carbocycles. The summed E-state index contributed by atoms with van der Waals surface area (Å²) in [5, 5.41) is -0.228. The molecule has 24 heavy (non-hydrogen) atoms. The predicted octanol–water partition coefficient (Wildman–Crippen LogP) is 5.80. The van der Waals surface area contributed by atoms with Crippen LogP contribution in [0.15, 0.2) is 4.99 Å². The van der Waals surface area contributed by atoms with Gasteiger partial charge in [0.1, 0.15) is 0 Å². The van der Waals surface area contributed by atoms with Crippen molar-refractivity contribution >= 4 is 23.2 Å². The number of rotatable bonds is 4. The van der Waals surface area contributed by atoms with E-state index in [-0.39, 0.29) is 5.37 Å². The van der Waals surface area contributed by atoms with E-state index in [1.54, 1.807) is 0 Å². The van der Waals surface area contributed by atoms with Crippen molar-refractivity contribution in [2.75, 3.05) is 0 Å². The molecule has 0 aliphatic heterocycles. The van der Waals surface area contributed by atoms with Crippen molar-refractivity contribution in [1.82, 2.24) is 4.90 Å². The molecule has 3 rings (SSSR count). The number of hydrogen-bond donors (Lipinski definition) is 0. The maximum Gasteiger partial charge on any atom is 0.316 e. The van der Waals surface area contributed by atoms with Gasteiger partial charge in [-0.3, -0.25) is 9.79 Å². The van der Waals surface area contributed by atoms with Gasteiger partial charge >= 0.3 is 5.37 Å². The topological polar surface area (TPSA) is 32.7 Å². The summed E-state index contributed by atoms with van der Waals surface area (Å²) >= 11 is 5.96. The van der Waals surface area contributed by atoms with Crippen molar-refractivity contribution < 1.29 is 4.79 Å². The van der Waals surface area contributed by atoms with Gasteiger partial charge in [0.15, 0.2) is 0 Å².